The molecule has 0 spiro atoms. The van der Waals surface area contributed by atoms with E-state index in [1.54, 1.807) is 0 Å². The van der Waals surface area contributed by atoms with Gasteiger partial charge < -0.3 is 5.32 Å². The molecule has 2 unspecified atom stereocenters. The Hall–Kier alpha value is -1.58. The summed E-state index contributed by atoms with van der Waals surface area (Å²) in [5.74, 6) is 0.962. The van der Waals surface area contributed by atoms with Gasteiger partial charge in [-0.05, 0) is 19.9 Å². The van der Waals surface area contributed by atoms with Crippen LogP contribution in [0, 0.1) is 0 Å². The molecule has 1 rings (SSSR count). The minimum Gasteiger partial charge on any atom is -0.314 e. The van der Waals surface area contributed by atoms with Crippen LogP contribution in [0.15, 0.2) is 25.3 Å². The van der Waals surface area contributed by atoms with E-state index in [9.17, 15) is 4.79 Å². The summed E-state index contributed by atoms with van der Waals surface area (Å²) in [7, 11) is 0. The first-order valence-corrected chi connectivity index (χ1v) is 5.52. The molecule has 4 nitrogen and oxygen atoms in total. The first-order chi connectivity index (χ1) is 7.60. The molecule has 88 valence electrons. The molecule has 1 heterocycles. The van der Waals surface area contributed by atoms with E-state index >= 15 is 0 Å². The number of carbonyl (C=O) groups excluding carboxylic acids is 1. The van der Waals surface area contributed by atoms with E-state index in [1.807, 2.05) is 13.0 Å². The van der Waals surface area contributed by atoms with E-state index in [1.165, 1.54) is 6.08 Å². The Bertz CT molecular complexity index is 333. The van der Waals surface area contributed by atoms with Gasteiger partial charge in [0, 0.05) is 0 Å². The van der Waals surface area contributed by atoms with Crippen LogP contribution in [0.3, 0.4) is 0 Å². The lowest BCUT2D eigenvalue weighted by atomic mass is 10.3. The number of hydrogen-bond donors (Lipinski definition) is 2. The number of nitrogens with one attached hydrogen (secondary N) is 2. The lowest BCUT2D eigenvalue weighted by molar-refractivity contribution is -0.589. The molecular weight excluding hydrogens is 202 g/mol. The Morgan fingerprint density at radius 1 is 1.75 bits per heavy atom. The maximum absolute atomic E-state index is 11.2. The van der Waals surface area contributed by atoms with Gasteiger partial charge in [0.15, 0.2) is 6.17 Å². The van der Waals surface area contributed by atoms with Gasteiger partial charge in [-0.15, -0.1) is 6.58 Å². The van der Waals surface area contributed by atoms with Crippen molar-refractivity contribution in [1.82, 2.24) is 10.6 Å². The fourth-order valence-electron chi connectivity index (χ4n) is 1.99. The Morgan fingerprint density at radius 3 is 3.00 bits per heavy atom. The molecule has 2 N–H and O–H groups in total. The van der Waals surface area contributed by atoms with Crippen LogP contribution in [0.4, 0.5) is 0 Å². The van der Waals surface area contributed by atoms with Crippen LogP contribution in [-0.2, 0) is 4.79 Å². The summed E-state index contributed by atoms with van der Waals surface area (Å²) >= 11 is 0. The summed E-state index contributed by atoms with van der Waals surface area (Å²) < 4.78 is 2.17. The summed E-state index contributed by atoms with van der Waals surface area (Å²) in [6, 6.07) is 0.370. The average Bonchev–Trinajstić information content (AvgIpc) is 2.60. The fraction of sp³-hybridized carbons (Fsp3) is 0.500. The largest absolute Gasteiger partial charge is 0.314 e. The van der Waals surface area contributed by atoms with Gasteiger partial charge in [0.05, 0.1) is 6.42 Å². The lowest BCUT2D eigenvalue weighted by Gasteiger charge is -2.17. The maximum atomic E-state index is 11.2. The molecule has 16 heavy (non-hydrogen) atoms. The predicted octanol–water partition coefficient (Wildman–Crippen LogP) is 0.613. The van der Waals surface area contributed by atoms with Crippen molar-refractivity contribution >= 4 is 11.7 Å². The van der Waals surface area contributed by atoms with Crippen LogP contribution < -0.4 is 10.6 Å². The van der Waals surface area contributed by atoms with E-state index in [0.717, 1.165) is 18.8 Å². The normalized spacial score (nSPS) is 21.2. The molecule has 1 aliphatic heterocycles. The highest BCUT2D eigenvalue weighted by atomic mass is 16.1. The Kier molecular flexibility index (Phi) is 4.28. The number of hydrogen-bond acceptors (Lipinski definition) is 2. The highest BCUT2D eigenvalue weighted by Gasteiger charge is 2.30. The molecule has 4 heteroatoms. The number of amides is 1. The van der Waals surface area contributed by atoms with Crippen LogP contribution in [0.25, 0.3) is 0 Å². The van der Waals surface area contributed by atoms with Gasteiger partial charge in [-0.2, -0.15) is 0 Å². The summed E-state index contributed by atoms with van der Waals surface area (Å²) in [5, 5.41) is 6.19. The van der Waals surface area contributed by atoms with Gasteiger partial charge in [-0.3, -0.25) is 10.1 Å². The Labute approximate surface area is 96.7 Å². The summed E-state index contributed by atoms with van der Waals surface area (Å²) in [4.78, 5) is 11.2. The van der Waals surface area contributed by atoms with Gasteiger partial charge in [0.2, 0.25) is 5.91 Å². The Balaban J connectivity index is 2.80. The van der Waals surface area contributed by atoms with E-state index in [4.69, 9.17) is 0 Å². The number of nitrogens with zero attached hydrogens (tertiary/aromatic N) is 1. The smallest absolute Gasteiger partial charge is 0.250 e. The van der Waals surface area contributed by atoms with Crippen molar-refractivity contribution in [3.63, 3.8) is 0 Å². The molecule has 1 amide bonds. The van der Waals surface area contributed by atoms with Gasteiger partial charge >= 0.3 is 0 Å². The molecule has 0 saturated carbocycles. The molecule has 0 radical (unpaired) electrons. The maximum Gasteiger partial charge on any atom is 0.250 e. The molecule has 0 saturated heterocycles. The second kappa shape index (κ2) is 5.49. The molecule has 1 aliphatic rings. The van der Waals surface area contributed by atoms with Crippen LogP contribution in [0.1, 0.15) is 20.3 Å². The van der Waals surface area contributed by atoms with Crippen molar-refractivity contribution in [2.45, 2.75) is 32.5 Å². The zero-order valence-corrected chi connectivity index (χ0v) is 9.99. The molecule has 0 aromatic rings. The minimum atomic E-state index is -0.149. The van der Waals surface area contributed by atoms with Crippen LogP contribution in [0.2, 0.25) is 0 Å². The van der Waals surface area contributed by atoms with Crippen LogP contribution in [-0.4, -0.2) is 35.1 Å². The summed E-state index contributed by atoms with van der Waals surface area (Å²) in [5.41, 5.74) is 0. The minimum absolute atomic E-state index is 0.0366. The molecule has 0 aromatic heterocycles. The summed E-state index contributed by atoms with van der Waals surface area (Å²) in [6.45, 7) is 12.2. The van der Waals surface area contributed by atoms with Crippen molar-refractivity contribution in [2.24, 2.45) is 0 Å². The third-order valence-electron chi connectivity index (χ3n) is 2.68. The van der Waals surface area contributed by atoms with Crippen LogP contribution >= 0.6 is 0 Å². The third kappa shape index (κ3) is 2.72. The first kappa shape index (κ1) is 12.5. The van der Waals surface area contributed by atoms with Crippen molar-refractivity contribution in [2.75, 3.05) is 6.54 Å². The average molecular weight is 222 g/mol. The number of amidine groups is 1. The zero-order chi connectivity index (χ0) is 12.1. The topological polar surface area (TPSA) is 44.1 Å². The van der Waals surface area contributed by atoms with Crippen LogP contribution in [0.5, 0.6) is 0 Å². The van der Waals surface area contributed by atoms with E-state index in [2.05, 4.69) is 35.3 Å². The van der Waals surface area contributed by atoms with Crippen molar-refractivity contribution < 1.29 is 9.37 Å². The van der Waals surface area contributed by atoms with Gasteiger partial charge in [-0.25, -0.2) is 4.58 Å². The standard InChI is InChI=1S/C12H19N3O/c1-5-7-11-13-8-9(3)15(11)10(4)14-12(16)6-2/h5-6,9-10H,1-2,7-8H2,3-4H3,(H,14,16)/p+1. The van der Waals surface area contributed by atoms with Crippen molar-refractivity contribution in [3.8, 4) is 0 Å². The fourth-order valence-corrected chi connectivity index (χ4v) is 1.99. The zero-order valence-electron chi connectivity index (χ0n) is 9.99. The van der Waals surface area contributed by atoms with Gasteiger partial charge in [0.1, 0.15) is 12.6 Å². The molecule has 0 aliphatic carbocycles. The lowest BCUT2D eigenvalue weighted by Crippen LogP contribution is -2.44. The molecule has 2 atom stereocenters. The van der Waals surface area contributed by atoms with Crippen molar-refractivity contribution in [1.29, 1.82) is 0 Å². The van der Waals surface area contributed by atoms with Gasteiger partial charge in [0.25, 0.3) is 5.84 Å². The number of rotatable bonds is 5. The monoisotopic (exact) mass is 222 g/mol. The molecule has 0 bridgehead atoms. The molecule has 0 aromatic carbocycles. The Morgan fingerprint density at radius 2 is 2.44 bits per heavy atom. The predicted molar refractivity (Wildman–Crippen MR) is 65.3 cm³/mol. The highest BCUT2D eigenvalue weighted by Crippen LogP contribution is 2.04. The van der Waals surface area contributed by atoms with Gasteiger partial charge in [-0.1, -0.05) is 12.7 Å². The quantitative estimate of drug-likeness (QED) is 0.407. The third-order valence-corrected chi connectivity index (χ3v) is 2.68. The molecule has 0 fully saturated rings. The van der Waals surface area contributed by atoms with Crippen molar-refractivity contribution in [3.05, 3.63) is 25.3 Å². The molecular formula is C12H20N3O+. The van der Waals surface area contributed by atoms with E-state index in [0.29, 0.717) is 6.04 Å². The van der Waals surface area contributed by atoms with E-state index < -0.39 is 0 Å². The highest BCUT2D eigenvalue weighted by molar-refractivity contribution is 5.87. The summed E-state index contributed by atoms with van der Waals surface area (Å²) in [6.07, 6.45) is 3.90. The second-order valence-electron chi connectivity index (χ2n) is 3.97. The SMILES string of the molecule is C=CCC1=[N+](C(C)NC(=O)C=C)C(C)CN1. The first-order valence-electron chi connectivity index (χ1n) is 5.52. The van der Waals surface area contributed by atoms with E-state index in [-0.39, 0.29) is 12.1 Å². The second-order valence-corrected chi connectivity index (χ2v) is 3.97. The number of carbonyl (C=O) groups is 1.